The maximum absolute atomic E-state index is 13.3. The molecule has 3 rings (SSSR count). The number of aromatic nitrogens is 2. The number of phenols is 1. The van der Waals surface area contributed by atoms with Gasteiger partial charge in [-0.1, -0.05) is 26.0 Å². The van der Waals surface area contributed by atoms with Crippen molar-refractivity contribution in [1.29, 1.82) is 0 Å². The van der Waals surface area contributed by atoms with Crippen LogP contribution in [0.4, 0.5) is 0 Å². The molecular weight excluding hydrogens is 492 g/mol. The van der Waals surface area contributed by atoms with Crippen LogP contribution in [0, 0.1) is 5.92 Å². The van der Waals surface area contributed by atoms with Crippen molar-refractivity contribution in [1.82, 2.24) is 25.5 Å². The summed E-state index contributed by atoms with van der Waals surface area (Å²) < 4.78 is 0. The normalized spacial score (nSPS) is 17.6. The second kappa shape index (κ2) is 13.0. The molecule has 1 aliphatic rings. The highest BCUT2D eigenvalue weighted by atomic mass is 16.4. The number of H-pyrrole nitrogens is 1. The van der Waals surface area contributed by atoms with Crippen molar-refractivity contribution >= 4 is 23.7 Å². The third kappa shape index (κ3) is 7.78. The average molecular weight is 529 g/mol. The van der Waals surface area contributed by atoms with Crippen molar-refractivity contribution in [3.63, 3.8) is 0 Å². The lowest BCUT2D eigenvalue weighted by atomic mass is 10.0. The van der Waals surface area contributed by atoms with Crippen molar-refractivity contribution in [3.05, 3.63) is 48.0 Å². The highest BCUT2D eigenvalue weighted by Crippen LogP contribution is 2.20. The lowest BCUT2D eigenvalue weighted by molar-refractivity contribution is -0.143. The fraction of sp³-hybridized carbons (Fsp3) is 0.500. The second-order valence-corrected chi connectivity index (χ2v) is 10.0. The first-order chi connectivity index (χ1) is 18.0. The smallest absolute Gasteiger partial charge is 0.326 e. The number of amides is 3. The molecule has 4 atom stereocenters. The Kier molecular flexibility index (Phi) is 9.83. The van der Waals surface area contributed by atoms with Crippen LogP contribution in [-0.4, -0.2) is 79.5 Å². The lowest BCUT2D eigenvalue weighted by Gasteiger charge is -2.29. The van der Waals surface area contributed by atoms with Gasteiger partial charge in [0.25, 0.3) is 0 Å². The highest BCUT2D eigenvalue weighted by Gasteiger charge is 2.38. The van der Waals surface area contributed by atoms with E-state index in [4.69, 9.17) is 5.73 Å². The minimum absolute atomic E-state index is 0.00280. The number of likely N-dealkylation sites (tertiary alicyclic amines) is 1. The van der Waals surface area contributed by atoms with E-state index in [1.807, 2.05) is 13.8 Å². The molecule has 1 saturated heterocycles. The van der Waals surface area contributed by atoms with E-state index in [0.717, 1.165) is 0 Å². The van der Waals surface area contributed by atoms with Gasteiger partial charge in [-0.2, -0.15) is 0 Å². The van der Waals surface area contributed by atoms with E-state index in [2.05, 4.69) is 20.6 Å². The molecule has 0 bridgehead atoms. The molecule has 4 unspecified atom stereocenters. The van der Waals surface area contributed by atoms with E-state index in [0.29, 0.717) is 30.6 Å². The Hall–Kier alpha value is -3.93. The van der Waals surface area contributed by atoms with E-state index in [1.54, 1.807) is 18.3 Å². The van der Waals surface area contributed by atoms with E-state index in [-0.39, 0.29) is 36.8 Å². The number of carboxylic acid groups (broad SMARTS) is 1. The predicted molar refractivity (Wildman–Crippen MR) is 138 cm³/mol. The Morgan fingerprint density at radius 3 is 2.45 bits per heavy atom. The number of nitrogens with zero attached hydrogens (tertiary/aromatic N) is 2. The number of aliphatic carboxylic acids is 1. The van der Waals surface area contributed by atoms with Crippen molar-refractivity contribution in [3.8, 4) is 5.75 Å². The molecule has 1 aromatic heterocycles. The summed E-state index contributed by atoms with van der Waals surface area (Å²) in [5.41, 5.74) is 7.44. The minimum atomic E-state index is -1.23. The van der Waals surface area contributed by atoms with E-state index in [9.17, 15) is 29.4 Å². The molecule has 38 heavy (non-hydrogen) atoms. The summed E-state index contributed by atoms with van der Waals surface area (Å²) in [7, 11) is 0. The maximum atomic E-state index is 13.3. The number of phenolic OH excluding ortho intramolecular Hbond substituents is 1. The van der Waals surface area contributed by atoms with Crippen LogP contribution in [0.3, 0.4) is 0 Å². The highest BCUT2D eigenvalue weighted by molar-refractivity contribution is 5.94. The molecule has 0 saturated carbocycles. The van der Waals surface area contributed by atoms with Gasteiger partial charge >= 0.3 is 5.97 Å². The van der Waals surface area contributed by atoms with Crippen LogP contribution in [0.5, 0.6) is 5.75 Å². The monoisotopic (exact) mass is 528 g/mol. The standard InChI is InChI=1S/C26H36N6O6/c1-15(2)10-20(23(34)31-21(26(37)38)11-16-5-7-18(33)8-6-16)30-24(35)22-4-3-9-32(22)25(36)19(27)12-17-13-28-14-29-17/h5-8,13-15,19-22,33H,3-4,9-12,27H2,1-2H3,(H,28,29)(H,30,35)(H,31,34)(H,37,38). The van der Waals surface area contributed by atoms with E-state index in [1.165, 1.54) is 23.4 Å². The van der Waals surface area contributed by atoms with Gasteiger partial charge < -0.3 is 36.5 Å². The van der Waals surface area contributed by atoms with Crippen LogP contribution < -0.4 is 16.4 Å². The summed E-state index contributed by atoms with van der Waals surface area (Å²) in [5.74, 6) is -2.61. The van der Waals surface area contributed by atoms with Crippen LogP contribution in [0.2, 0.25) is 0 Å². The summed E-state index contributed by atoms with van der Waals surface area (Å²) in [5, 5.41) is 24.4. The van der Waals surface area contributed by atoms with Crippen LogP contribution in [0.1, 0.15) is 44.4 Å². The number of hydrogen-bond donors (Lipinski definition) is 6. The molecule has 0 spiro atoms. The topological polar surface area (TPSA) is 191 Å². The van der Waals surface area contributed by atoms with Gasteiger partial charge in [0, 0.05) is 31.3 Å². The zero-order chi connectivity index (χ0) is 27.8. The van der Waals surface area contributed by atoms with Crippen molar-refractivity contribution < 1.29 is 29.4 Å². The van der Waals surface area contributed by atoms with Gasteiger partial charge in [0.05, 0.1) is 12.4 Å². The minimum Gasteiger partial charge on any atom is -0.508 e. The van der Waals surface area contributed by atoms with Crippen LogP contribution in [-0.2, 0) is 32.0 Å². The molecule has 0 radical (unpaired) electrons. The Morgan fingerprint density at radius 1 is 1.13 bits per heavy atom. The zero-order valence-corrected chi connectivity index (χ0v) is 21.6. The number of benzene rings is 1. The molecule has 1 fully saturated rings. The average Bonchev–Trinajstić information content (AvgIpc) is 3.56. The van der Waals surface area contributed by atoms with Gasteiger partial charge in [-0.25, -0.2) is 9.78 Å². The Bertz CT molecular complexity index is 1100. The van der Waals surface area contributed by atoms with Crippen molar-refractivity contribution in [2.45, 2.75) is 70.1 Å². The summed E-state index contributed by atoms with van der Waals surface area (Å²) in [6, 6.07) is 2.19. The quantitative estimate of drug-likeness (QED) is 0.227. The molecule has 12 nitrogen and oxygen atoms in total. The maximum Gasteiger partial charge on any atom is 0.326 e. The Balaban J connectivity index is 1.66. The van der Waals surface area contributed by atoms with E-state index < -0.39 is 42.0 Å². The van der Waals surface area contributed by atoms with Crippen LogP contribution in [0.25, 0.3) is 0 Å². The SMILES string of the molecule is CC(C)CC(NC(=O)C1CCCN1C(=O)C(N)Cc1cnc[nH]1)C(=O)NC(Cc1ccc(O)cc1)C(=O)O. The molecule has 2 aromatic rings. The fourth-order valence-electron chi connectivity index (χ4n) is 4.55. The molecule has 3 amide bonds. The fourth-order valence-corrected chi connectivity index (χ4v) is 4.55. The summed E-state index contributed by atoms with van der Waals surface area (Å²) in [4.78, 5) is 59.6. The molecule has 2 heterocycles. The van der Waals surface area contributed by atoms with Gasteiger partial charge in [0.2, 0.25) is 17.7 Å². The van der Waals surface area contributed by atoms with Gasteiger partial charge in [-0.3, -0.25) is 14.4 Å². The third-order valence-electron chi connectivity index (χ3n) is 6.48. The summed E-state index contributed by atoms with van der Waals surface area (Å²) in [6.45, 7) is 4.15. The second-order valence-electron chi connectivity index (χ2n) is 10.0. The van der Waals surface area contributed by atoms with Gasteiger partial charge in [-0.15, -0.1) is 0 Å². The molecule has 1 aliphatic heterocycles. The Labute approximate surface area is 221 Å². The van der Waals surface area contributed by atoms with Crippen LogP contribution >= 0.6 is 0 Å². The molecule has 0 aliphatic carbocycles. The number of aromatic hydroxyl groups is 1. The molecule has 12 heteroatoms. The van der Waals surface area contributed by atoms with E-state index >= 15 is 0 Å². The number of carbonyl (C=O) groups excluding carboxylic acids is 3. The van der Waals surface area contributed by atoms with Gasteiger partial charge in [-0.05, 0) is 42.9 Å². The zero-order valence-electron chi connectivity index (χ0n) is 21.6. The van der Waals surface area contributed by atoms with Crippen LogP contribution in [0.15, 0.2) is 36.8 Å². The number of nitrogens with two attached hydrogens (primary N) is 1. The first kappa shape index (κ1) is 28.6. The largest absolute Gasteiger partial charge is 0.508 e. The first-order valence-electron chi connectivity index (χ1n) is 12.7. The molecule has 206 valence electrons. The first-order valence-corrected chi connectivity index (χ1v) is 12.7. The number of carbonyl (C=O) groups is 4. The lowest BCUT2D eigenvalue weighted by Crippen LogP contribution is -2.57. The van der Waals surface area contributed by atoms with Gasteiger partial charge in [0.1, 0.15) is 23.9 Å². The molecule has 1 aromatic carbocycles. The predicted octanol–water partition coefficient (Wildman–Crippen LogP) is 0.319. The third-order valence-corrected chi connectivity index (χ3v) is 6.48. The van der Waals surface area contributed by atoms with Crippen molar-refractivity contribution in [2.24, 2.45) is 11.7 Å². The molecular formula is C26H36N6O6. The van der Waals surface area contributed by atoms with Crippen molar-refractivity contribution in [2.75, 3.05) is 6.54 Å². The number of nitrogens with one attached hydrogen (secondary N) is 3. The number of carboxylic acids is 1. The number of hydrogen-bond acceptors (Lipinski definition) is 7. The number of imidazole rings is 1. The summed E-state index contributed by atoms with van der Waals surface area (Å²) in [6.07, 6.45) is 4.67. The van der Waals surface area contributed by atoms with Gasteiger partial charge in [0.15, 0.2) is 0 Å². The molecule has 7 N–H and O–H groups in total. The summed E-state index contributed by atoms with van der Waals surface area (Å²) >= 11 is 0. The number of aromatic amines is 1. The number of rotatable bonds is 12. The Morgan fingerprint density at radius 2 is 1.84 bits per heavy atom.